The Balaban J connectivity index is 0. The zero-order valence-electron chi connectivity index (χ0n) is 9.84. The molecule has 0 spiro atoms. The van der Waals surface area contributed by atoms with Gasteiger partial charge in [-0.1, -0.05) is 18.2 Å². The van der Waals surface area contributed by atoms with Gasteiger partial charge in [0.05, 0.1) is 12.6 Å². The summed E-state index contributed by atoms with van der Waals surface area (Å²) in [5.74, 6) is -1.26. The van der Waals surface area contributed by atoms with Crippen molar-refractivity contribution in [3.8, 4) is 0 Å². The van der Waals surface area contributed by atoms with Crippen LogP contribution in [0.4, 0.5) is 0 Å². The third-order valence-electron chi connectivity index (χ3n) is 1.08. The lowest BCUT2D eigenvalue weighted by atomic mass is 10.4. The van der Waals surface area contributed by atoms with Crippen molar-refractivity contribution in [3.63, 3.8) is 0 Å². The standard InChI is InChI=1S/C6H8O2.C5H11NO2/c1-2-3-4-5-6(7)8;1-4(2)8-5(7)3-6/h2-5H,1H3,(H,7,8);4H,3,6H2,1-2H3/b3-2+,5-4+;. The Bertz CT molecular complexity index is 257. The molecule has 0 aliphatic carbocycles. The Hall–Kier alpha value is -1.62. The third kappa shape index (κ3) is 18.2. The number of esters is 1. The van der Waals surface area contributed by atoms with E-state index in [2.05, 4.69) is 4.74 Å². The molecule has 0 amide bonds. The van der Waals surface area contributed by atoms with E-state index in [1.807, 2.05) is 6.92 Å². The molecule has 0 saturated heterocycles. The summed E-state index contributed by atoms with van der Waals surface area (Å²) in [7, 11) is 0. The van der Waals surface area contributed by atoms with Crippen LogP contribution in [0, 0.1) is 0 Å². The molecule has 0 fully saturated rings. The van der Waals surface area contributed by atoms with Crippen LogP contribution >= 0.6 is 0 Å². The predicted octanol–water partition coefficient (Wildman–Crippen LogP) is 1.10. The average molecular weight is 229 g/mol. The summed E-state index contributed by atoms with van der Waals surface area (Å²) in [6.07, 6.45) is 5.93. The van der Waals surface area contributed by atoms with E-state index in [1.165, 1.54) is 6.08 Å². The fraction of sp³-hybridized carbons (Fsp3) is 0.455. The van der Waals surface area contributed by atoms with Crippen LogP contribution in [0.15, 0.2) is 24.3 Å². The maximum atomic E-state index is 10.3. The number of hydrogen-bond donors (Lipinski definition) is 2. The zero-order chi connectivity index (χ0) is 13.0. The summed E-state index contributed by atoms with van der Waals surface area (Å²) in [5.41, 5.74) is 4.95. The van der Waals surface area contributed by atoms with Crippen molar-refractivity contribution in [1.82, 2.24) is 0 Å². The molecule has 5 heteroatoms. The second-order valence-corrected chi connectivity index (χ2v) is 2.97. The lowest BCUT2D eigenvalue weighted by molar-refractivity contribution is -0.145. The van der Waals surface area contributed by atoms with E-state index in [-0.39, 0.29) is 18.6 Å². The average Bonchev–Trinajstić information content (AvgIpc) is 2.17. The molecule has 0 aliphatic rings. The molecule has 0 aromatic carbocycles. The monoisotopic (exact) mass is 229 g/mol. The fourth-order valence-electron chi connectivity index (χ4n) is 0.560. The van der Waals surface area contributed by atoms with Crippen LogP contribution in [0.2, 0.25) is 0 Å². The topological polar surface area (TPSA) is 89.6 Å². The Morgan fingerprint density at radius 2 is 1.94 bits per heavy atom. The maximum Gasteiger partial charge on any atom is 0.328 e. The minimum absolute atomic E-state index is 0.0296. The second-order valence-electron chi connectivity index (χ2n) is 2.97. The first-order chi connectivity index (χ1) is 7.43. The number of allylic oxidation sites excluding steroid dienone is 3. The molecule has 16 heavy (non-hydrogen) atoms. The van der Waals surface area contributed by atoms with Gasteiger partial charge in [-0.2, -0.15) is 0 Å². The third-order valence-corrected chi connectivity index (χ3v) is 1.08. The number of rotatable bonds is 4. The molecule has 0 aromatic heterocycles. The smallest absolute Gasteiger partial charge is 0.328 e. The van der Waals surface area contributed by atoms with Gasteiger partial charge in [0, 0.05) is 6.08 Å². The quantitative estimate of drug-likeness (QED) is 0.428. The maximum absolute atomic E-state index is 10.3. The molecule has 92 valence electrons. The van der Waals surface area contributed by atoms with E-state index < -0.39 is 5.97 Å². The number of carboxylic acid groups (broad SMARTS) is 1. The molecule has 0 bridgehead atoms. The number of carbonyl (C=O) groups excluding carboxylic acids is 1. The van der Waals surface area contributed by atoms with Crippen molar-refractivity contribution in [2.45, 2.75) is 26.9 Å². The molecule has 0 aliphatic heterocycles. The van der Waals surface area contributed by atoms with Gasteiger partial charge < -0.3 is 15.6 Å². The summed E-state index contributed by atoms with van der Waals surface area (Å²) >= 11 is 0. The Morgan fingerprint density at radius 1 is 1.38 bits per heavy atom. The zero-order valence-corrected chi connectivity index (χ0v) is 9.84. The number of ether oxygens (including phenoxy) is 1. The van der Waals surface area contributed by atoms with E-state index in [9.17, 15) is 9.59 Å². The minimum atomic E-state index is -0.914. The van der Waals surface area contributed by atoms with Crippen molar-refractivity contribution in [2.75, 3.05) is 6.54 Å². The first-order valence-electron chi connectivity index (χ1n) is 4.85. The Morgan fingerprint density at radius 3 is 2.19 bits per heavy atom. The number of hydrogen-bond acceptors (Lipinski definition) is 4. The van der Waals surface area contributed by atoms with Gasteiger partial charge in [0.1, 0.15) is 0 Å². The molecule has 0 aromatic rings. The molecule has 0 rings (SSSR count). The van der Waals surface area contributed by atoms with Gasteiger partial charge >= 0.3 is 11.9 Å². The van der Waals surface area contributed by atoms with E-state index >= 15 is 0 Å². The molecule has 0 radical (unpaired) electrons. The van der Waals surface area contributed by atoms with E-state index in [0.29, 0.717) is 0 Å². The van der Waals surface area contributed by atoms with Crippen molar-refractivity contribution in [3.05, 3.63) is 24.3 Å². The summed E-state index contributed by atoms with van der Waals surface area (Å²) in [5, 5.41) is 8.02. The summed E-state index contributed by atoms with van der Waals surface area (Å²) in [6, 6.07) is 0. The second kappa shape index (κ2) is 11.5. The molecule has 0 saturated carbocycles. The van der Waals surface area contributed by atoms with Crippen LogP contribution in [-0.2, 0) is 14.3 Å². The molecular weight excluding hydrogens is 210 g/mol. The van der Waals surface area contributed by atoms with Crippen molar-refractivity contribution >= 4 is 11.9 Å². The highest BCUT2D eigenvalue weighted by Gasteiger charge is 1.99. The van der Waals surface area contributed by atoms with Gasteiger partial charge in [-0.05, 0) is 20.8 Å². The van der Waals surface area contributed by atoms with Crippen LogP contribution < -0.4 is 5.73 Å². The van der Waals surface area contributed by atoms with Gasteiger partial charge in [-0.15, -0.1) is 0 Å². The number of carbonyl (C=O) groups is 2. The molecule has 0 heterocycles. The summed E-state index contributed by atoms with van der Waals surface area (Å²) < 4.78 is 4.64. The van der Waals surface area contributed by atoms with Crippen molar-refractivity contribution < 1.29 is 19.4 Å². The largest absolute Gasteiger partial charge is 0.478 e. The normalized spacial score (nSPS) is 10.3. The highest BCUT2D eigenvalue weighted by Crippen LogP contribution is 1.85. The minimum Gasteiger partial charge on any atom is -0.478 e. The van der Waals surface area contributed by atoms with E-state index in [0.717, 1.165) is 6.08 Å². The first kappa shape index (κ1) is 16.8. The van der Waals surface area contributed by atoms with Crippen LogP contribution in [0.5, 0.6) is 0 Å². The summed E-state index contributed by atoms with van der Waals surface area (Å²) in [4.78, 5) is 20.0. The van der Waals surface area contributed by atoms with E-state index in [1.54, 1.807) is 26.0 Å². The van der Waals surface area contributed by atoms with Crippen LogP contribution in [0.25, 0.3) is 0 Å². The highest BCUT2D eigenvalue weighted by molar-refractivity contribution is 5.80. The van der Waals surface area contributed by atoms with Crippen LogP contribution in [-0.4, -0.2) is 29.7 Å². The van der Waals surface area contributed by atoms with Crippen molar-refractivity contribution in [1.29, 1.82) is 0 Å². The molecule has 5 nitrogen and oxygen atoms in total. The number of nitrogens with two attached hydrogens (primary N) is 1. The summed E-state index contributed by atoms with van der Waals surface area (Å²) in [6.45, 7) is 5.37. The molecule has 0 unspecified atom stereocenters. The molecular formula is C11H19NO4. The van der Waals surface area contributed by atoms with Gasteiger partial charge in [0.2, 0.25) is 0 Å². The number of aliphatic carboxylic acids is 1. The van der Waals surface area contributed by atoms with E-state index in [4.69, 9.17) is 10.8 Å². The fourth-order valence-corrected chi connectivity index (χ4v) is 0.560. The molecule has 3 N–H and O–H groups in total. The highest BCUT2D eigenvalue weighted by atomic mass is 16.5. The molecule has 0 atom stereocenters. The Kier molecular flexibility index (Phi) is 12.0. The van der Waals surface area contributed by atoms with Crippen molar-refractivity contribution in [2.24, 2.45) is 5.73 Å². The first-order valence-corrected chi connectivity index (χ1v) is 4.85. The van der Waals surface area contributed by atoms with Gasteiger partial charge in [-0.3, -0.25) is 4.79 Å². The van der Waals surface area contributed by atoms with Gasteiger partial charge in [0.15, 0.2) is 0 Å². The SMILES string of the molecule is C/C=C/C=C/C(=O)O.CC(C)OC(=O)CN. The number of carboxylic acids is 1. The van der Waals surface area contributed by atoms with Crippen LogP contribution in [0.1, 0.15) is 20.8 Å². The van der Waals surface area contributed by atoms with Crippen LogP contribution in [0.3, 0.4) is 0 Å². The lowest BCUT2D eigenvalue weighted by Gasteiger charge is -2.04. The van der Waals surface area contributed by atoms with Gasteiger partial charge in [-0.25, -0.2) is 4.79 Å². The lowest BCUT2D eigenvalue weighted by Crippen LogP contribution is -2.20. The predicted molar refractivity (Wildman–Crippen MR) is 61.9 cm³/mol. The van der Waals surface area contributed by atoms with Gasteiger partial charge in [0.25, 0.3) is 0 Å². The Labute approximate surface area is 95.6 Å².